The number of nitrogens with one attached hydrogen (secondary N) is 1. The van der Waals surface area contributed by atoms with Crippen molar-refractivity contribution in [2.24, 2.45) is 11.8 Å². The summed E-state index contributed by atoms with van der Waals surface area (Å²) in [4.78, 5) is 0. The number of rotatable bonds is 8. The highest BCUT2D eigenvalue weighted by atomic mass is 15.3. The molecule has 1 aromatic rings. The first-order valence-corrected chi connectivity index (χ1v) is 7.21. The zero-order valence-electron chi connectivity index (χ0n) is 12.2. The Morgan fingerprint density at radius 3 is 2.39 bits per heavy atom. The summed E-state index contributed by atoms with van der Waals surface area (Å²) in [5.74, 6) is 6.35. The van der Waals surface area contributed by atoms with Gasteiger partial charge in [0, 0.05) is 24.7 Å². The molecule has 0 bridgehead atoms. The summed E-state index contributed by atoms with van der Waals surface area (Å²) in [5, 5.41) is 4.59. The van der Waals surface area contributed by atoms with Gasteiger partial charge in [-0.05, 0) is 25.3 Å². The number of hydrogen-bond acceptors (Lipinski definition) is 3. The molecule has 104 valence electrons. The SMILES string of the molecule is CCc1cc(CC(NN)C(CC)CC)n(CC)n1. The minimum atomic E-state index is 0.340. The highest BCUT2D eigenvalue weighted by molar-refractivity contribution is 5.12. The molecule has 3 N–H and O–H groups in total. The first kappa shape index (κ1) is 15.2. The van der Waals surface area contributed by atoms with E-state index in [0.717, 1.165) is 32.2 Å². The van der Waals surface area contributed by atoms with Gasteiger partial charge in [-0.3, -0.25) is 16.0 Å². The summed E-state index contributed by atoms with van der Waals surface area (Å²) in [5.41, 5.74) is 5.46. The molecule has 0 aromatic carbocycles. The second kappa shape index (κ2) is 7.54. The maximum Gasteiger partial charge on any atom is 0.0624 e. The minimum Gasteiger partial charge on any atom is -0.271 e. The van der Waals surface area contributed by atoms with E-state index in [4.69, 9.17) is 5.84 Å². The Balaban J connectivity index is 2.83. The fraction of sp³-hybridized carbons (Fsp3) is 0.786. The molecule has 0 spiro atoms. The molecule has 0 amide bonds. The third-order valence-corrected chi connectivity index (χ3v) is 3.84. The van der Waals surface area contributed by atoms with Crippen molar-refractivity contribution in [1.29, 1.82) is 0 Å². The third kappa shape index (κ3) is 3.56. The van der Waals surface area contributed by atoms with Crippen LogP contribution in [0.15, 0.2) is 6.07 Å². The van der Waals surface area contributed by atoms with Crippen LogP contribution in [-0.2, 0) is 19.4 Å². The molecule has 0 saturated heterocycles. The number of hydrogen-bond donors (Lipinski definition) is 2. The maximum absolute atomic E-state index is 5.72. The van der Waals surface area contributed by atoms with Crippen LogP contribution in [0.5, 0.6) is 0 Å². The fourth-order valence-corrected chi connectivity index (χ4v) is 2.57. The Morgan fingerprint density at radius 1 is 1.28 bits per heavy atom. The van der Waals surface area contributed by atoms with E-state index in [-0.39, 0.29) is 0 Å². The molecule has 1 rings (SSSR count). The highest BCUT2D eigenvalue weighted by Crippen LogP contribution is 2.18. The molecule has 1 unspecified atom stereocenters. The summed E-state index contributed by atoms with van der Waals surface area (Å²) in [6, 6.07) is 2.56. The van der Waals surface area contributed by atoms with Crippen LogP contribution in [0.4, 0.5) is 0 Å². The average molecular weight is 252 g/mol. The Kier molecular flexibility index (Phi) is 6.36. The lowest BCUT2D eigenvalue weighted by molar-refractivity contribution is 0.329. The first-order valence-electron chi connectivity index (χ1n) is 7.21. The van der Waals surface area contributed by atoms with E-state index in [1.807, 2.05) is 0 Å². The number of nitrogens with zero attached hydrogens (tertiary/aromatic N) is 2. The van der Waals surface area contributed by atoms with E-state index in [2.05, 4.69) is 49.0 Å². The van der Waals surface area contributed by atoms with E-state index >= 15 is 0 Å². The largest absolute Gasteiger partial charge is 0.271 e. The number of aromatic nitrogens is 2. The quantitative estimate of drug-likeness (QED) is 0.551. The van der Waals surface area contributed by atoms with Crippen LogP contribution < -0.4 is 11.3 Å². The van der Waals surface area contributed by atoms with Crippen molar-refractivity contribution in [3.63, 3.8) is 0 Å². The summed E-state index contributed by atoms with van der Waals surface area (Å²) in [6.45, 7) is 9.67. The summed E-state index contributed by atoms with van der Waals surface area (Å²) < 4.78 is 2.10. The molecule has 4 nitrogen and oxygen atoms in total. The molecule has 0 saturated carbocycles. The van der Waals surface area contributed by atoms with Crippen LogP contribution in [0.25, 0.3) is 0 Å². The highest BCUT2D eigenvalue weighted by Gasteiger charge is 2.19. The number of aryl methyl sites for hydroxylation is 2. The van der Waals surface area contributed by atoms with Crippen LogP contribution in [-0.4, -0.2) is 15.8 Å². The van der Waals surface area contributed by atoms with Crippen LogP contribution in [0.2, 0.25) is 0 Å². The maximum atomic E-state index is 5.72. The molecular formula is C14H28N4. The zero-order chi connectivity index (χ0) is 13.5. The Hall–Kier alpha value is -0.870. The van der Waals surface area contributed by atoms with Crippen LogP contribution in [0.3, 0.4) is 0 Å². The fourth-order valence-electron chi connectivity index (χ4n) is 2.57. The van der Waals surface area contributed by atoms with Gasteiger partial charge in [-0.15, -0.1) is 0 Å². The second-order valence-electron chi connectivity index (χ2n) is 4.85. The molecule has 18 heavy (non-hydrogen) atoms. The summed E-state index contributed by atoms with van der Waals surface area (Å²) in [6.07, 6.45) is 4.27. The van der Waals surface area contributed by atoms with Gasteiger partial charge in [0.15, 0.2) is 0 Å². The molecule has 0 radical (unpaired) electrons. The van der Waals surface area contributed by atoms with Gasteiger partial charge in [0.25, 0.3) is 0 Å². The lowest BCUT2D eigenvalue weighted by atomic mass is 9.91. The van der Waals surface area contributed by atoms with Gasteiger partial charge >= 0.3 is 0 Å². The Bertz CT molecular complexity index is 342. The van der Waals surface area contributed by atoms with Gasteiger partial charge in [-0.25, -0.2) is 0 Å². The van der Waals surface area contributed by atoms with Crippen LogP contribution in [0, 0.1) is 5.92 Å². The first-order chi connectivity index (χ1) is 8.69. The van der Waals surface area contributed by atoms with Gasteiger partial charge in [-0.1, -0.05) is 33.6 Å². The molecule has 4 heteroatoms. The molecule has 1 heterocycles. The standard InChI is InChI=1S/C14H28N4/c1-5-11(6-2)14(16-15)10-13-9-12(7-3)17-18(13)8-4/h9,11,14,16H,5-8,10,15H2,1-4H3. The van der Waals surface area contributed by atoms with Crippen molar-refractivity contribution in [2.45, 2.75) is 66.0 Å². The minimum absolute atomic E-state index is 0.340. The Labute approximate surface area is 111 Å². The van der Waals surface area contributed by atoms with Gasteiger partial charge in [0.1, 0.15) is 0 Å². The molecule has 0 aliphatic rings. The molecule has 0 aliphatic heterocycles. The number of hydrazine groups is 1. The molecular weight excluding hydrogens is 224 g/mol. The lowest BCUT2D eigenvalue weighted by Gasteiger charge is -2.24. The van der Waals surface area contributed by atoms with Crippen molar-refractivity contribution in [1.82, 2.24) is 15.2 Å². The second-order valence-corrected chi connectivity index (χ2v) is 4.85. The van der Waals surface area contributed by atoms with Gasteiger partial charge in [0.2, 0.25) is 0 Å². The van der Waals surface area contributed by atoms with Gasteiger partial charge in [0.05, 0.1) is 5.69 Å². The number of nitrogens with two attached hydrogens (primary N) is 1. The van der Waals surface area contributed by atoms with Crippen molar-refractivity contribution < 1.29 is 0 Å². The molecule has 0 fully saturated rings. The third-order valence-electron chi connectivity index (χ3n) is 3.84. The Morgan fingerprint density at radius 2 is 1.94 bits per heavy atom. The summed E-state index contributed by atoms with van der Waals surface area (Å²) >= 11 is 0. The van der Waals surface area contributed by atoms with Gasteiger partial charge < -0.3 is 0 Å². The summed E-state index contributed by atoms with van der Waals surface area (Å²) in [7, 11) is 0. The molecule has 1 aromatic heterocycles. The lowest BCUT2D eigenvalue weighted by Crippen LogP contribution is -2.42. The molecule has 1 atom stereocenters. The zero-order valence-corrected chi connectivity index (χ0v) is 12.2. The predicted molar refractivity (Wildman–Crippen MR) is 76.2 cm³/mol. The van der Waals surface area contributed by atoms with E-state index in [0.29, 0.717) is 12.0 Å². The topological polar surface area (TPSA) is 55.9 Å². The van der Waals surface area contributed by atoms with Crippen molar-refractivity contribution in [2.75, 3.05) is 0 Å². The van der Waals surface area contributed by atoms with Crippen molar-refractivity contribution >= 4 is 0 Å². The van der Waals surface area contributed by atoms with Crippen LogP contribution in [0.1, 0.15) is 51.9 Å². The van der Waals surface area contributed by atoms with E-state index < -0.39 is 0 Å². The van der Waals surface area contributed by atoms with Crippen molar-refractivity contribution in [3.05, 3.63) is 17.5 Å². The average Bonchev–Trinajstić information content (AvgIpc) is 2.81. The van der Waals surface area contributed by atoms with E-state index in [1.165, 1.54) is 11.4 Å². The van der Waals surface area contributed by atoms with Crippen molar-refractivity contribution in [3.8, 4) is 0 Å². The normalized spacial score (nSPS) is 13.2. The van der Waals surface area contributed by atoms with Crippen LogP contribution >= 0.6 is 0 Å². The van der Waals surface area contributed by atoms with E-state index in [9.17, 15) is 0 Å². The molecule has 0 aliphatic carbocycles. The smallest absolute Gasteiger partial charge is 0.0624 e. The predicted octanol–water partition coefficient (Wildman–Crippen LogP) is 2.28. The van der Waals surface area contributed by atoms with Gasteiger partial charge in [-0.2, -0.15) is 5.10 Å². The monoisotopic (exact) mass is 252 g/mol. The van der Waals surface area contributed by atoms with E-state index in [1.54, 1.807) is 0 Å².